The fourth-order valence-corrected chi connectivity index (χ4v) is 3.36. The van der Waals surface area contributed by atoms with E-state index in [2.05, 4.69) is 19.1 Å². The van der Waals surface area contributed by atoms with Gasteiger partial charge in [-0.2, -0.15) is 0 Å². The monoisotopic (exact) mass is 242 g/mol. The molecule has 1 atom stereocenters. The number of hydrogen-bond acceptors (Lipinski definition) is 1. The second kappa shape index (κ2) is 5.95. The van der Waals surface area contributed by atoms with Gasteiger partial charge in [-0.1, -0.05) is 0 Å². The van der Waals surface area contributed by atoms with Crippen molar-refractivity contribution in [3.63, 3.8) is 0 Å². The van der Waals surface area contributed by atoms with Gasteiger partial charge in [0.2, 0.25) is 0 Å². The molecule has 1 aromatic rings. The normalized spacial score (nSPS) is 12.4. The van der Waals surface area contributed by atoms with Crippen molar-refractivity contribution in [3.8, 4) is 0 Å². The van der Waals surface area contributed by atoms with Crippen molar-refractivity contribution in [2.24, 2.45) is 0 Å². The van der Waals surface area contributed by atoms with E-state index in [-0.39, 0.29) is 4.82 Å². The van der Waals surface area contributed by atoms with Crippen molar-refractivity contribution in [3.05, 3.63) is 30.3 Å². The molecule has 0 aliphatic heterocycles. The summed E-state index contributed by atoms with van der Waals surface area (Å²) in [6.45, 7) is 2.12. The molecule has 1 unspecified atom stereocenters. The molecule has 0 spiro atoms. The molecule has 13 heavy (non-hydrogen) atoms. The Morgan fingerprint density at radius 2 is 2.08 bits per heavy atom. The van der Waals surface area contributed by atoms with E-state index in [1.165, 1.54) is 4.46 Å². The van der Waals surface area contributed by atoms with E-state index in [0.29, 0.717) is 15.0 Å². The molecule has 0 heterocycles. The van der Waals surface area contributed by atoms with Gasteiger partial charge in [0.15, 0.2) is 0 Å². The van der Waals surface area contributed by atoms with E-state index in [4.69, 9.17) is 0 Å². The maximum atomic E-state index is 10.7. The van der Waals surface area contributed by atoms with Crippen molar-refractivity contribution in [1.29, 1.82) is 0 Å². The van der Waals surface area contributed by atoms with Crippen molar-refractivity contribution < 1.29 is 4.79 Å². The van der Waals surface area contributed by atoms with Crippen LogP contribution in [0.3, 0.4) is 0 Å². The average Bonchev–Trinajstić information content (AvgIpc) is 2.19. The predicted octanol–water partition coefficient (Wildman–Crippen LogP) is 1.80. The fraction of sp³-hybridized carbons (Fsp3) is 0.364. The number of hydrogen-bond donors (Lipinski definition) is 0. The molecule has 1 rings (SSSR count). The maximum absolute atomic E-state index is 10.7. The van der Waals surface area contributed by atoms with Crippen LogP contribution in [0.1, 0.15) is 19.8 Å². The molecule has 0 fully saturated rings. The molecule has 0 aromatic heterocycles. The number of carbonyl (C=O) groups is 1. The Morgan fingerprint density at radius 1 is 1.38 bits per heavy atom. The second-order valence-electron chi connectivity index (χ2n) is 2.89. The third kappa shape index (κ3) is 3.75. The Labute approximate surface area is 85.7 Å². The Hall–Kier alpha value is -0.591. The Kier molecular flexibility index (Phi) is 4.80. The van der Waals surface area contributed by atoms with Crippen LogP contribution in [-0.4, -0.2) is 21.2 Å². The standard InChI is InChI=1S/C11H14OSe/c1-2-6-11(9-12)13-10-7-4-3-5-8-10/h3-5,7-9,11H,2,6H2,1H3. The van der Waals surface area contributed by atoms with Gasteiger partial charge in [-0.15, -0.1) is 0 Å². The summed E-state index contributed by atoms with van der Waals surface area (Å²) in [5.74, 6) is 0. The molecule has 0 saturated heterocycles. The van der Waals surface area contributed by atoms with Crippen molar-refractivity contribution in [2.45, 2.75) is 24.6 Å². The van der Waals surface area contributed by atoms with E-state index in [0.717, 1.165) is 19.1 Å². The topological polar surface area (TPSA) is 17.1 Å². The summed E-state index contributed by atoms with van der Waals surface area (Å²) < 4.78 is 1.32. The SMILES string of the molecule is CCCC(C=O)[Se]c1ccccc1. The van der Waals surface area contributed by atoms with Crippen molar-refractivity contribution >= 4 is 25.7 Å². The summed E-state index contributed by atoms with van der Waals surface area (Å²) in [6, 6.07) is 10.3. The van der Waals surface area contributed by atoms with Gasteiger partial charge in [-0.3, -0.25) is 0 Å². The first-order valence-electron chi connectivity index (χ1n) is 4.53. The molecule has 0 N–H and O–H groups in total. The van der Waals surface area contributed by atoms with Crippen LogP contribution in [0.4, 0.5) is 0 Å². The quantitative estimate of drug-likeness (QED) is 0.567. The molecule has 1 aromatic carbocycles. The summed E-state index contributed by atoms with van der Waals surface area (Å²) in [5, 5.41) is 0. The first kappa shape index (κ1) is 10.5. The molecule has 0 aliphatic rings. The molecule has 70 valence electrons. The zero-order valence-electron chi connectivity index (χ0n) is 7.77. The number of aldehydes is 1. The van der Waals surface area contributed by atoms with Gasteiger partial charge in [0.05, 0.1) is 0 Å². The van der Waals surface area contributed by atoms with Crippen molar-refractivity contribution in [2.75, 3.05) is 0 Å². The average molecular weight is 241 g/mol. The molecule has 2 heteroatoms. The van der Waals surface area contributed by atoms with Crippen LogP contribution in [0.15, 0.2) is 30.3 Å². The Morgan fingerprint density at radius 3 is 2.62 bits per heavy atom. The zero-order valence-corrected chi connectivity index (χ0v) is 9.49. The summed E-state index contributed by atoms with van der Waals surface area (Å²) in [4.78, 5) is 11.0. The summed E-state index contributed by atoms with van der Waals surface area (Å²) in [5.41, 5.74) is 0. The molecular formula is C11H14OSe. The van der Waals surface area contributed by atoms with Crippen LogP contribution in [0.25, 0.3) is 0 Å². The van der Waals surface area contributed by atoms with Crippen LogP contribution in [0.5, 0.6) is 0 Å². The minimum atomic E-state index is 0.264. The van der Waals surface area contributed by atoms with Gasteiger partial charge in [0.25, 0.3) is 0 Å². The van der Waals surface area contributed by atoms with E-state index in [9.17, 15) is 4.79 Å². The van der Waals surface area contributed by atoms with Gasteiger partial charge < -0.3 is 0 Å². The van der Waals surface area contributed by atoms with E-state index < -0.39 is 0 Å². The zero-order chi connectivity index (χ0) is 9.52. The molecule has 0 saturated carbocycles. The number of benzene rings is 1. The van der Waals surface area contributed by atoms with Crippen LogP contribution in [0.2, 0.25) is 4.82 Å². The molecule has 0 amide bonds. The minimum absolute atomic E-state index is 0.264. The summed E-state index contributed by atoms with van der Waals surface area (Å²) >= 11 is 0.318. The van der Waals surface area contributed by atoms with Crippen LogP contribution in [-0.2, 0) is 4.79 Å². The van der Waals surface area contributed by atoms with Crippen LogP contribution < -0.4 is 4.46 Å². The van der Waals surface area contributed by atoms with Crippen LogP contribution in [0, 0.1) is 0 Å². The third-order valence-electron chi connectivity index (χ3n) is 1.76. The van der Waals surface area contributed by atoms with E-state index in [1.54, 1.807) is 0 Å². The molecular weight excluding hydrogens is 227 g/mol. The van der Waals surface area contributed by atoms with Gasteiger partial charge >= 0.3 is 85.4 Å². The Bertz CT molecular complexity index is 246. The molecule has 0 aliphatic carbocycles. The predicted molar refractivity (Wildman–Crippen MR) is 56.6 cm³/mol. The van der Waals surface area contributed by atoms with Gasteiger partial charge in [0, 0.05) is 0 Å². The van der Waals surface area contributed by atoms with Crippen LogP contribution >= 0.6 is 0 Å². The molecule has 1 nitrogen and oxygen atoms in total. The van der Waals surface area contributed by atoms with E-state index >= 15 is 0 Å². The summed E-state index contributed by atoms with van der Waals surface area (Å²) in [7, 11) is 0. The second-order valence-corrected chi connectivity index (χ2v) is 5.65. The van der Waals surface area contributed by atoms with Gasteiger partial charge in [0.1, 0.15) is 0 Å². The fourth-order valence-electron chi connectivity index (χ4n) is 1.11. The van der Waals surface area contributed by atoms with E-state index in [1.807, 2.05) is 18.2 Å². The first-order valence-corrected chi connectivity index (χ1v) is 6.38. The van der Waals surface area contributed by atoms with Gasteiger partial charge in [-0.25, -0.2) is 0 Å². The molecule has 0 radical (unpaired) electrons. The number of carbonyl (C=O) groups excluding carboxylic acids is 1. The summed E-state index contributed by atoms with van der Waals surface area (Å²) in [6.07, 6.45) is 3.23. The van der Waals surface area contributed by atoms with Crippen molar-refractivity contribution in [1.82, 2.24) is 0 Å². The first-order chi connectivity index (χ1) is 6.36. The number of rotatable bonds is 5. The third-order valence-corrected chi connectivity index (χ3v) is 4.26. The molecule has 0 bridgehead atoms. The Balaban J connectivity index is 2.51. The van der Waals surface area contributed by atoms with Gasteiger partial charge in [-0.05, 0) is 0 Å².